The van der Waals surface area contributed by atoms with Crippen LogP contribution in [-0.2, 0) is 11.3 Å². The molecule has 0 aliphatic heterocycles. The highest BCUT2D eigenvalue weighted by molar-refractivity contribution is 5.94. The van der Waals surface area contributed by atoms with Crippen LogP contribution in [0.25, 0.3) is 0 Å². The molecule has 0 aliphatic carbocycles. The maximum Gasteiger partial charge on any atom is 0.251 e. The lowest BCUT2D eigenvalue weighted by Gasteiger charge is -2.19. The van der Waals surface area contributed by atoms with E-state index in [-0.39, 0.29) is 24.3 Å². The molecule has 0 saturated carbocycles. The van der Waals surface area contributed by atoms with E-state index in [1.54, 1.807) is 36.2 Å². The van der Waals surface area contributed by atoms with E-state index in [1.165, 1.54) is 6.26 Å². The molecule has 2 rings (SSSR count). The standard InChI is InChI=1S/C19H24N2O4/c1-13(2)19(24)21(3)11-14-6-8-15(9-7-14)18(23)20-16(12-22)17-5-4-10-25-17/h4-10,13,16,22H,11-12H2,1-3H3,(H,20,23). The SMILES string of the molecule is CC(C)C(=O)N(C)Cc1ccc(C(=O)NC(CO)c2ccco2)cc1. The van der Waals surface area contributed by atoms with Gasteiger partial charge in [0.05, 0.1) is 12.9 Å². The van der Waals surface area contributed by atoms with E-state index >= 15 is 0 Å². The van der Waals surface area contributed by atoms with Crippen molar-refractivity contribution in [3.63, 3.8) is 0 Å². The van der Waals surface area contributed by atoms with Gasteiger partial charge in [-0.15, -0.1) is 0 Å². The first-order chi connectivity index (χ1) is 11.9. The lowest BCUT2D eigenvalue weighted by molar-refractivity contribution is -0.133. The van der Waals surface area contributed by atoms with E-state index in [4.69, 9.17) is 4.42 Å². The van der Waals surface area contributed by atoms with Gasteiger partial charge in [0.25, 0.3) is 5.91 Å². The third kappa shape index (κ3) is 4.93. The van der Waals surface area contributed by atoms with Crippen molar-refractivity contribution < 1.29 is 19.1 Å². The van der Waals surface area contributed by atoms with Gasteiger partial charge in [-0.25, -0.2) is 0 Å². The second kappa shape index (κ2) is 8.48. The molecule has 1 aromatic carbocycles. The number of carbonyl (C=O) groups excluding carboxylic acids is 2. The summed E-state index contributed by atoms with van der Waals surface area (Å²) in [4.78, 5) is 25.9. The van der Waals surface area contributed by atoms with Gasteiger partial charge < -0.3 is 19.7 Å². The predicted molar refractivity (Wildman–Crippen MR) is 93.8 cm³/mol. The number of hydrogen-bond acceptors (Lipinski definition) is 4. The van der Waals surface area contributed by atoms with E-state index in [2.05, 4.69) is 5.32 Å². The fourth-order valence-electron chi connectivity index (χ4n) is 2.49. The van der Waals surface area contributed by atoms with Crippen LogP contribution in [0.4, 0.5) is 0 Å². The summed E-state index contributed by atoms with van der Waals surface area (Å²) in [6.07, 6.45) is 1.49. The number of nitrogens with one attached hydrogen (secondary N) is 1. The van der Waals surface area contributed by atoms with E-state index in [9.17, 15) is 14.7 Å². The second-order valence-electron chi connectivity index (χ2n) is 6.27. The van der Waals surface area contributed by atoms with Crippen molar-refractivity contribution in [1.29, 1.82) is 0 Å². The molecule has 25 heavy (non-hydrogen) atoms. The van der Waals surface area contributed by atoms with Crippen LogP contribution in [0.2, 0.25) is 0 Å². The van der Waals surface area contributed by atoms with Crippen LogP contribution in [0.1, 0.15) is 41.6 Å². The molecule has 0 spiro atoms. The zero-order chi connectivity index (χ0) is 18.4. The summed E-state index contributed by atoms with van der Waals surface area (Å²) in [5.41, 5.74) is 1.42. The third-order valence-corrected chi connectivity index (χ3v) is 3.88. The fraction of sp³-hybridized carbons (Fsp3) is 0.368. The van der Waals surface area contributed by atoms with Crippen LogP contribution in [0.3, 0.4) is 0 Å². The van der Waals surface area contributed by atoms with Crippen LogP contribution < -0.4 is 5.32 Å². The normalized spacial score (nSPS) is 12.0. The molecule has 1 heterocycles. The predicted octanol–water partition coefficient (Wildman–Crippen LogP) is 2.36. The minimum atomic E-state index is -0.586. The number of rotatable bonds is 7. The van der Waals surface area contributed by atoms with Crippen LogP contribution >= 0.6 is 0 Å². The van der Waals surface area contributed by atoms with Gasteiger partial charge in [0.1, 0.15) is 11.8 Å². The van der Waals surface area contributed by atoms with Gasteiger partial charge in [-0.1, -0.05) is 26.0 Å². The van der Waals surface area contributed by atoms with Crippen molar-refractivity contribution in [2.24, 2.45) is 5.92 Å². The average Bonchev–Trinajstić information content (AvgIpc) is 3.13. The Labute approximate surface area is 147 Å². The molecule has 2 N–H and O–H groups in total. The van der Waals surface area contributed by atoms with Crippen molar-refractivity contribution in [3.8, 4) is 0 Å². The minimum absolute atomic E-state index is 0.0490. The quantitative estimate of drug-likeness (QED) is 0.808. The molecule has 0 radical (unpaired) electrons. The summed E-state index contributed by atoms with van der Waals surface area (Å²) in [6.45, 7) is 3.97. The van der Waals surface area contributed by atoms with Gasteiger partial charge in [0, 0.05) is 25.1 Å². The lowest BCUT2D eigenvalue weighted by Crippen LogP contribution is -2.31. The van der Waals surface area contributed by atoms with Crippen LogP contribution in [0.5, 0.6) is 0 Å². The summed E-state index contributed by atoms with van der Waals surface area (Å²) in [7, 11) is 1.76. The number of aliphatic hydroxyl groups is 1. The largest absolute Gasteiger partial charge is 0.467 e. The zero-order valence-electron chi connectivity index (χ0n) is 14.7. The highest BCUT2D eigenvalue weighted by Gasteiger charge is 2.17. The molecule has 2 aromatic rings. The highest BCUT2D eigenvalue weighted by atomic mass is 16.3. The Kier molecular flexibility index (Phi) is 6.36. The monoisotopic (exact) mass is 344 g/mol. The minimum Gasteiger partial charge on any atom is -0.467 e. The molecule has 0 aliphatic rings. The van der Waals surface area contributed by atoms with Crippen LogP contribution in [-0.4, -0.2) is 35.5 Å². The van der Waals surface area contributed by atoms with Crippen LogP contribution in [0.15, 0.2) is 47.1 Å². The number of aliphatic hydroxyl groups excluding tert-OH is 1. The van der Waals surface area contributed by atoms with Gasteiger partial charge in [-0.3, -0.25) is 9.59 Å². The van der Waals surface area contributed by atoms with Crippen molar-refractivity contribution in [3.05, 3.63) is 59.5 Å². The fourth-order valence-corrected chi connectivity index (χ4v) is 2.49. The maximum absolute atomic E-state index is 12.3. The summed E-state index contributed by atoms with van der Waals surface area (Å²) in [6, 6.07) is 9.86. The van der Waals surface area contributed by atoms with Crippen molar-refractivity contribution in [2.75, 3.05) is 13.7 Å². The van der Waals surface area contributed by atoms with E-state index in [0.717, 1.165) is 5.56 Å². The van der Waals surface area contributed by atoms with Gasteiger partial charge in [-0.05, 0) is 29.8 Å². The summed E-state index contributed by atoms with van der Waals surface area (Å²) in [5.74, 6) is 0.230. The van der Waals surface area contributed by atoms with Crippen molar-refractivity contribution in [1.82, 2.24) is 10.2 Å². The Morgan fingerprint density at radius 1 is 1.20 bits per heavy atom. The molecule has 0 fully saturated rings. The molecule has 2 amide bonds. The second-order valence-corrected chi connectivity index (χ2v) is 6.27. The number of benzene rings is 1. The Morgan fingerprint density at radius 2 is 1.88 bits per heavy atom. The van der Waals surface area contributed by atoms with Crippen molar-refractivity contribution >= 4 is 11.8 Å². The van der Waals surface area contributed by atoms with Gasteiger partial charge in [0.2, 0.25) is 5.91 Å². The van der Waals surface area contributed by atoms with E-state index in [1.807, 2.05) is 26.0 Å². The summed E-state index contributed by atoms with van der Waals surface area (Å²) in [5, 5.41) is 12.2. The number of furan rings is 1. The van der Waals surface area contributed by atoms with Gasteiger partial charge in [-0.2, -0.15) is 0 Å². The zero-order valence-corrected chi connectivity index (χ0v) is 14.7. The third-order valence-electron chi connectivity index (χ3n) is 3.88. The first-order valence-electron chi connectivity index (χ1n) is 8.21. The number of hydrogen-bond donors (Lipinski definition) is 2. The Hall–Kier alpha value is -2.60. The van der Waals surface area contributed by atoms with Crippen molar-refractivity contribution in [2.45, 2.75) is 26.4 Å². The molecule has 1 aromatic heterocycles. The molecule has 6 nitrogen and oxygen atoms in total. The molecule has 6 heteroatoms. The van der Waals surface area contributed by atoms with E-state index < -0.39 is 6.04 Å². The highest BCUT2D eigenvalue weighted by Crippen LogP contribution is 2.14. The first-order valence-corrected chi connectivity index (χ1v) is 8.21. The molecule has 134 valence electrons. The molecule has 0 bridgehead atoms. The Balaban J connectivity index is 1.99. The molecule has 1 unspecified atom stereocenters. The maximum atomic E-state index is 12.3. The smallest absolute Gasteiger partial charge is 0.251 e. The molecule has 0 saturated heterocycles. The topological polar surface area (TPSA) is 82.8 Å². The first kappa shape index (κ1) is 18.7. The molecular formula is C19H24N2O4. The Morgan fingerprint density at radius 3 is 2.40 bits per heavy atom. The van der Waals surface area contributed by atoms with Gasteiger partial charge >= 0.3 is 0 Å². The Bertz CT molecular complexity index is 693. The number of amides is 2. The van der Waals surface area contributed by atoms with E-state index in [0.29, 0.717) is 17.9 Å². The number of carbonyl (C=O) groups is 2. The average molecular weight is 344 g/mol. The lowest BCUT2D eigenvalue weighted by atomic mass is 10.1. The van der Waals surface area contributed by atoms with Crippen LogP contribution in [0, 0.1) is 5.92 Å². The number of nitrogens with zero attached hydrogens (tertiary/aromatic N) is 1. The summed E-state index contributed by atoms with van der Waals surface area (Å²) < 4.78 is 5.22. The molecular weight excluding hydrogens is 320 g/mol. The summed E-state index contributed by atoms with van der Waals surface area (Å²) >= 11 is 0. The molecule has 1 atom stereocenters. The van der Waals surface area contributed by atoms with Gasteiger partial charge in [0.15, 0.2) is 0 Å².